The Labute approximate surface area is 228 Å². The first kappa shape index (κ1) is 27.3. The third-order valence-electron chi connectivity index (χ3n) is 6.56. The van der Waals surface area contributed by atoms with Crippen molar-refractivity contribution < 1.29 is 28.6 Å². The molecule has 4 rings (SSSR count). The van der Waals surface area contributed by atoms with E-state index in [0.29, 0.717) is 0 Å². The molecule has 0 saturated heterocycles. The first-order valence-corrected chi connectivity index (χ1v) is 12.6. The molecule has 0 amide bonds. The van der Waals surface area contributed by atoms with Crippen LogP contribution in [0, 0.1) is 20.8 Å². The van der Waals surface area contributed by atoms with Crippen LogP contribution in [-0.4, -0.2) is 17.9 Å². The summed E-state index contributed by atoms with van der Waals surface area (Å²) in [6, 6.07) is 26.9. The van der Waals surface area contributed by atoms with Gasteiger partial charge in [-0.15, -0.1) is 0 Å². The van der Waals surface area contributed by atoms with Gasteiger partial charge in [0, 0.05) is 0 Å². The van der Waals surface area contributed by atoms with Crippen molar-refractivity contribution in [2.75, 3.05) is 0 Å². The summed E-state index contributed by atoms with van der Waals surface area (Å²) in [5.74, 6) is -2.05. The Kier molecular flexibility index (Phi) is 8.90. The summed E-state index contributed by atoms with van der Waals surface area (Å²) in [5.41, 5.74) is 5.58. The molecule has 0 unspecified atom stereocenters. The van der Waals surface area contributed by atoms with Gasteiger partial charge in [0.15, 0.2) is 0 Å². The summed E-state index contributed by atoms with van der Waals surface area (Å²) in [5, 5.41) is 0. The standard InChI is InChI=1S/C33H30O6/c1-22-10-4-7-13-26(22)19-37-31(34)25-16-17-29(32(35)38-20-27-14-8-5-11-23(27)2)30(18-25)33(36)39-21-28-15-9-6-12-24(28)3/h4-18H,19-21H2,1-3H3. The van der Waals surface area contributed by atoms with E-state index in [2.05, 4.69) is 0 Å². The highest BCUT2D eigenvalue weighted by atomic mass is 16.5. The summed E-state index contributed by atoms with van der Waals surface area (Å²) in [7, 11) is 0. The maximum atomic E-state index is 13.2. The summed E-state index contributed by atoms with van der Waals surface area (Å²) in [4.78, 5) is 39.1. The predicted octanol–water partition coefficient (Wildman–Crippen LogP) is 6.68. The minimum absolute atomic E-state index is 0.00817. The van der Waals surface area contributed by atoms with Crippen LogP contribution in [0.2, 0.25) is 0 Å². The average molecular weight is 523 g/mol. The molecule has 0 atom stereocenters. The van der Waals surface area contributed by atoms with E-state index in [9.17, 15) is 14.4 Å². The number of aryl methyl sites for hydroxylation is 3. The van der Waals surface area contributed by atoms with E-state index in [4.69, 9.17) is 14.2 Å². The van der Waals surface area contributed by atoms with Gasteiger partial charge in [0.1, 0.15) is 19.8 Å². The molecule has 0 aliphatic carbocycles. The van der Waals surface area contributed by atoms with Crippen molar-refractivity contribution in [2.45, 2.75) is 40.6 Å². The third-order valence-corrected chi connectivity index (χ3v) is 6.56. The van der Waals surface area contributed by atoms with Gasteiger partial charge in [0.25, 0.3) is 0 Å². The normalized spacial score (nSPS) is 10.5. The van der Waals surface area contributed by atoms with Crippen LogP contribution in [0.1, 0.15) is 64.5 Å². The summed E-state index contributed by atoms with van der Waals surface area (Å²) in [6.45, 7) is 5.92. The van der Waals surface area contributed by atoms with Gasteiger partial charge in [0.05, 0.1) is 16.7 Å². The summed E-state index contributed by atoms with van der Waals surface area (Å²) >= 11 is 0. The first-order valence-electron chi connectivity index (χ1n) is 12.6. The number of rotatable bonds is 9. The van der Waals surface area contributed by atoms with E-state index in [1.807, 2.05) is 93.6 Å². The lowest BCUT2D eigenvalue weighted by atomic mass is 10.0. The molecule has 6 heteroatoms. The highest BCUT2D eigenvalue weighted by Crippen LogP contribution is 2.20. The lowest BCUT2D eigenvalue weighted by Gasteiger charge is -2.13. The number of esters is 3. The van der Waals surface area contributed by atoms with Crippen molar-refractivity contribution in [3.63, 3.8) is 0 Å². The number of carbonyl (C=O) groups excluding carboxylic acids is 3. The maximum Gasteiger partial charge on any atom is 0.339 e. The van der Waals surface area contributed by atoms with E-state index >= 15 is 0 Å². The molecule has 0 heterocycles. The second-order valence-corrected chi connectivity index (χ2v) is 9.27. The number of ether oxygens (including phenoxy) is 3. The smallest absolute Gasteiger partial charge is 0.339 e. The predicted molar refractivity (Wildman–Crippen MR) is 147 cm³/mol. The van der Waals surface area contributed by atoms with Gasteiger partial charge in [-0.25, -0.2) is 14.4 Å². The molecule has 0 aliphatic heterocycles. The number of hydrogen-bond acceptors (Lipinski definition) is 6. The van der Waals surface area contributed by atoms with Crippen LogP contribution in [0.15, 0.2) is 91.0 Å². The lowest BCUT2D eigenvalue weighted by molar-refractivity contribution is 0.0422. The molecule has 6 nitrogen and oxygen atoms in total. The van der Waals surface area contributed by atoms with Gasteiger partial charge < -0.3 is 14.2 Å². The van der Waals surface area contributed by atoms with E-state index in [1.54, 1.807) is 0 Å². The van der Waals surface area contributed by atoms with Crippen LogP contribution in [0.4, 0.5) is 0 Å². The average Bonchev–Trinajstić information content (AvgIpc) is 2.95. The minimum Gasteiger partial charge on any atom is -0.457 e. The maximum absolute atomic E-state index is 13.2. The molecular formula is C33H30O6. The zero-order valence-electron chi connectivity index (χ0n) is 22.2. The highest BCUT2D eigenvalue weighted by molar-refractivity contribution is 6.05. The van der Waals surface area contributed by atoms with Crippen molar-refractivity contribution in [2.24, 2.45) is 0 Å². The second-order valence-electron chi connectivity index (χ2n) is 9.27. The topological polar surface area (TPSA) is 78.9 Å². The molecule has 0 aromatic heterocycles. The Hall–Kier alpha value is -4.71. The second kappa shape index (κ2) is 12.7. The molecule has 0 bridgehead atoms. The third kappa shape index (κ3) is 6.99. The largest absolute Gasteiger partial charge is 0.457 e. The van der Waals surface area contributed by atoms with E-state index in [0.717, 1.165) is 33.4 Å². The molecule has 0 N–H and O–H groups in total. The van der Waals surface area contributed by atoms with Crippen molar-refractivity contribution in [1.82, 2.24) is 0 Å². The number of hydrogen-bond donors (Lipinski definition) is 0. The molecule has 0 fully saturated rings. The van der Waals surface area contributed by atoms with E-state index < -0.39 is 17.9 Å². The molecule has 0 aliphatic rings. The van der Waals surface area contributed by atoms with Crippen molar-refractivity contribution >= 4 is 17.9 Å². The van der Waals surface area contributed by atoms with Crippen LogP contribution in [0.3, 0.4) is 0 Å². The molecule has 39 heavy (non-hydrogen) atoms. The summed E-state index contributed by atoms with van der Waals surface area (Å²) in [6.07, 6.45) is 0. The van der Waals surface area contributed by atoms with Crippen LogP contribution >= 0.6 is 0 Å². The van der Waals surface area contributed by atoms with Gasteiger partial charge in [-0.1, -0.05) is 72.8 Å². The van der Waals surface area contributed by atoms with Crippen molar-refractivity contribution in [3.8, 4) is 0 Å². The fourth-order valence-corrected chi connectivity index (χ4v) is 4.00. The van der Waals surface area contributed by atoms with Gasteiger partial charge >= 0.3 is 17.9 Å². The van der Waals surface area contributed by atoms with Gasteiger partial charge in [0.2, 0.25) is 0 Å². The van der Waals surface area contributed by atoms with E-state index in [1.165, 1.54) is 18.2 Å². The molecule has 0 spiro atoms. The fourth-order valence-electron chi connectivity index (χ4n) is 4.00. The lowest BCUT2D eigenvalue weighted by Crippen LogP contribution is -2.16. The Balaban J connectivity index is 1.56. The molecule has 198 valence electrons. The van der Waals surface area contributed by atoms with Crippen LogP contribution in [-0.2, 0) is 34.0 Å². The zero-order valence-corrected chi connectivity index (χ0v) is 22.2. The van der Waals surface area contributed by atoms with Crippen LogP contribution < -0.4 is 0 Å². The van der Waals surface area contributed by atoms with Crippen LogP contribution in [0.5, 0.6) is 0 Å². The highest BCUT2D eigenvalue weighted by Gasteiger charge is 2.23. The number of carbonyl (C=O) groups is 3. The molecule has 4 aromatic carbocycles. The van der Waals surface area contributed by atoms with Crippen molar-refractivity contribution in [1.29, 1.82) is 0 Å². The molecular weight excluding hydrogens is 492 g/mol. The Morgan fingerprint density at radius 1 is 0.487 bits per heavy atom. The van der Waals surface area contributed by atoms with Crippen molar-refractivity contribution in [3.05, 3.63) is 141 Å². The molecule has 0 radical (unpaired) electrons. The number of benzene rings is 4. The van der Waals surface area contributed by atoms with E-state index in [-0.39, 0.29) is 36.5 Å². The Bertz CT molecular complexity index is 1500. The Morgan fingerprint density at radius 2 is 0.872 bits per heavy atom. The molecule has 4 aromatic rings. The monoisotopic (exact) mass is 522 g/mol. The fraction of sp³-hybridized carbons (Fsp3) is 0.182. The quantitative estimate of drug-likeness (QED) is 0.180. The van der Waals surface area contributed by atoms with Crippen LogP contribution in [0.25, 0.3) is 0 Å². The molecule has 0 saturated carbocycles. The Morgan fingerprint density at radius 3 is 1.31 bits per heavy atom. The summed E-state index contributed by atoms with van der Waals surface area (Å²) < 4.78 is 16.6. The first-order chi connectivity index (χ1) is 18.8. The zero-order chi connectivity index (χ0) is 27.8. The SMILES string of the molecule is Cc1ccccc1COC(=O)c1ccc(C(=O)OCc2ccccc2C)c(C(=O)OCc2ccccc2C)c1. The van der Waals surface area contributed by atoms with Gasteiger partial charge in [-0.2, -0.15) is 0 Å². The van der Waals surface area contributed by atoms with Gasteiger partial charge in [-0.3, -0.25) is 0 Å². The van der Waals surface area contributed by atoms with Gasteiger partial charge in [-0.05, 0) is 72.4 Å². The minimum atomic E-state index is -0.741.